The Morgan fingerprint density at radius 1 is 1.33 bits per heavy atom. The maximum absolute atomic E-state index is 5.65. The zero-order valence-corrected chi connectivity index (χ0v) is 10.8. The van der Waals surface area contributed by atoms with Crippen molar-refractivity contribution < 1.29 is 4.74 Å². The van der Waals surface area contributed by atoms with Crippen LogP contribution in [-0.4, -0.2) is 11.6 Å². The molecule has 0 atom stereocenters. The molecular weight excluding hydrogens is 222 g/mol. The molecule has 2 nitrogen and oxygen atoms in total. The van der Waals surface area contributed by atoms with Crippen LogP contribution in [0.1, 0.15) is 12.6 Å². The summed E-state index contributed by atoms with van der Waals surface area (Å²) in [6, 6.07) is 5.81. The normalized spacial score (nSPS) is 11.5. The van der Waals surface area contributed by atoms with Gasteiger partial charge in [0.15, 0.2) is 0 Å². The third kappa shape index (κ3) is 4.83. The smallest absolute Gasteiger partial charge is 0.213 e. The van der Waals surface area contributed by atoms with E-state index in [1.54, 1.807) is 12.2 Å². The van der Waals surface area contributed by atoms with E-state index in [4.69, 9.17) is 4.74 Å². The highest BCUT2D eigenvalue weighted by Gasteiger charge is 1.98. The van der Waals surface area contributed by atoms with E-state index < -0.39 is 0 Å². The summed E-state index contributed by atoms with van der Waals surface area (Å²) in [5, 5.41) is 0. The van der Waals surface area contributed by atoms with E-state index in [1.165, 1.54) is 0 Å². The van der Waals surface area contributed by atoms with Crippen LogP contribution in [0, 0.1) is 0 Å². The molecule has 1 rings (SSSR count). The molecule has 0 amide bonds. The summed E-state index contributed by atoms with van der Waals surface area (Å²) in [4.78, 5) is 4.38. The van der Waals surface area contributed by atoms with Gasteiger partial charge in [0.25, 0.3) is 0 Å². The highest BCUT2D eigenvalue weighted by Crippen LogP contribution is 2.10. The van der Waals surface area contributed by atoms with Crippen LogP contribution in [0.2, 0.25) is 0 Å². The van der Waals surface area contributed by atoms with Gasteiger partial charge in [-0.2, -0.15) is 0 Å². The van der Waals surface area contributed by atoms with E-state index in [0.29, 0.717) is 12.5 Å². The Morgan fingerprint density at radius 3 is 2.83 bits per heavy atom. The Kier molecular flexibility index (Phi) is 6.26. The quantitative estimate of drug-likeness (QED) is 0.676. The number of ether oxygens (including phenoxy) is 1. The SMILES string of the molecule is C=C/C=C\C(=C/C=C)COc1cccc(CC)n1. The predicted molar refractivity (Wildman–Crippen MR) is 76.7 cm³/mol. The van der Waals surface area contributed by atoms with E-state index in [-0.39, 0.29) is 0 Å². The van der Waals surface area contributed by atoms with Crippen molar-refractivity contribution in [2.75, 3.05) is 6.61 Å². The lowest BCUT2D eigenvalue weighted by Gasteiger charge is -2.06. The molecule has 0 N–H and O–H groups in total. The number of aromatic nitrogens is 1. The molecule has 0 aromatic carbocycles. The van der Waals surface area contributed by atoms with Crippen molar-refractivity contribution in [1.29, 1.82) is 0 Å². The molecule has 1 aromatic rings. The van der Waals surface area contributed by atoms with Gasteiger partial charge in [-0.1, -0.05) is 56.5 Å². The van der Waals surface area contributed by atoms with Gasteiger partial charge >= 0.3 is 0 Å². The standard InChI is InChI=1S/C16H19NO/c1-4-7-10-14(9-5-2)13-18-16-12-8-11-15(6-3)17-16/h4-5,7-12H,1-2,6,13H2,3H3/b10-7-,14-9+. The number of hydrogen-bond donors (Lipinski definition) is 0. The summed E-state index contributed by atoms with van der Waals surface area (Å²) in [6.45, 7) is 9.86. The third-order valence-electron chi connectivity index (χ3n) is 2.31. The first-order valence-corrected chi connectivity index (χ1v) is 5.99. The molecule has 0 spiro atoms. The zero-order chi connectivity index (χ0) is 13.2. The molecule has 1 heterocycles. The summed E-state index contributed by atoms with van der Waals surface area (Å²) < 4.78 is 5.65. The number of allylic oxidation sites excluding steroid dienone is 4. The first-order chi connectivity index (χ1) is 8.80. The summed E-state index contributed by atoms with van der Waals surface area (Å²) >= 11 is 0. The van der Waals surface area contributed by atoms with Gasteiger partial charge in [0.1, 0.15) is 6.61 Å². The van der Waals surface area contributed by atoms with Crippen molar-refractivity contribution in [2.45, 2.75) is 13.3 Å². The van der Waals surface area contributed by atoms with Crippen molar-refractivity contribution in [2.24, 2.45) is 0 Å². The second-order valence-electron chi connectivity index (χ2n) is 3.68. The monoisotopic (exact) mass is 241 g/mol. The second kappa shape index (κ2) is 8.07. The molecular formula is C16H19NO. The van der Waals surface area contributed by atoms with Gasteiger partial charge in [0.05, 0.1) is 0 Å². The van der Waals surface area contributed by atoms with E-state index in [1.807, 2.05) is 36.4 Å². The van der Waals surface area contributed by atoms with Crippen LogP contribution in [0.5, 0.6) is 5.88 Å². The maximum Gasteiger partial charge on any atom is 0.213 e. The van der Waals surface area contributed by atoms with Crippen molar-refractivity contribution >= 4 is 0 Å². The van der Waals surface area contributed by atoms with Gasteiger partial charge < -0.3 is 4.74 Å². The largest absolute Gasteiger partial charge is 0.473 e. The second-order valence-corrected chi connectivity index (χ2v) is 3.68. The van der Waals surface area contributed by atoms with Crippen LogP contribution in [0.3, 0.4) is 0 Å². The Labute approximate surface area is 109 Å². The lowest BCUT2D eigenvalue weighted by Crippen LogP contribution is -2.02. The van der Waals surface area contributed by atoms with Crippen LogP contribution >= 0.6 is 0 Å². The topological polar surface area (TPSA) is 22.1 Å². The van der Waals surface area contributed by atoms with Gasteiger partial charge in [-0.3, -0.25) is 0 Å². The lowest BCUT2D eigenvalue weighted by molar-refractivity contribution is 0.340. The van der Waals surface area contributed by atoms with Crippen molar-refractivity contribution in [3.8, 4) is 5.88 Å². The number of pyridine rings is 1. The van der Waals surface area contributed by atoms with Crippen molar-refractivity contribution in [3.05, 3.63) is 73.0 Å². The van der Waals surface area contributed by atoms with Crippen LogP contribution in [0.25, 0.3) is 0 Å². The molecule has 0 radical (unpaired) electrons. The molecule has 0 saturated heterocycles. The molecule has 2 heteroatoms. The fraction of sp³-hybridized carbons (Fsp3) is 0.188. The van der Waals surface area contributed by atoms with Crippen LogP contribution in [-0.2, 0) is 6.42 Å². The average Bonchev–Trinajstić information content (AvgIpc) is 2.42. The van der Waals surface area contributed by atoms with E-state index in [2.05, 4.69) is 25.1 Å². The zero-order valence-electron chi connectivity index (χ0n) is 10.8. The fourth-order valence-electron chi connectivity index (χ4n) is 1.39. The molecule has 0 saturated carbocycles. The molecule has 0 fully saturated rings. The van der Waals surface area contributed by atoms with E-state index >= 15 is 0 Å². The molecule has 1 aromatic heterocycles. The molecule has 0 aliphatic carbocycles. The summed E-state index contributed by atoms with van der Waals surface area (Å²) in [5.41, 5.74) is 2.05. The molecule has 0 bridgehead atoms. The summed E-state index contributed by atoms with van der Waals surface area (Å²) in [7, 11) is 0. The van der Waals surface area contributed by atoms with E-state index in [9.17, 15) is 0 Å². The molecule has 0 aliphatic heterocycles. The summed E-state index contributed by atoms with van der Waals surface area (Å²) in [5.74, 6) is 0.649. The molecule has 0 unspecified atom stereocenters. The highest BCUT2D eigenvalue weighted by atomic mass is 16.5. The fourth-order valence-corrected chi connectivity index (χ4v) is 1.39. The van der Waals surface area contributed by atoms with E-state index in [0.717, 1.165) is 17.7 Å². The van der Waals surface area contributed by atoms with Gasteiger partial charge in [-0.05, 0) is 18.1 Å². The van der Waals surface area contributed by atoms with Crippen LogP contribution < -0.4 is 4.74 Å². The number of hydrogen-bond acceptors (Lipinski definition) is 2. The minimum atomic E-state index is 0.469. The van der Waals surface area contributed by atoms with Gasteiger partial charge in [-0.15, -0.1) is 0 Å². The Hall–Kier alpha value is -2.09. The average molecular weight is 241 g/mol. The van der Waals surface area contributed by atoms with Crippen molar-refractivity contribution in [1.82, 2.24) is 4.98 Å². The first-order valence-electron chi connectivity index (χ1n) is 5.99. The maximum atomic E-state index is 5.65. The number of rotatable bonds is 7. The van der Waals surface area contributed by atoms with Crippen LogP contribution in [0.15, 0.2) is 67.3 Å². The van der Waals surface area contributed by atoms with Crippen LogP contribution in [0.4, 0.5) is 0 Å². The molecule has 94 valence electrons. The number of nitrogens with zero attached hydrogens (tertiary/aromatic N) is 1. The minimum Gasteiger partial charge on any atom is -0.473 e. The van der Waals surface area contributed by atoms with Gasteiger partial charge in [0, 0.05) is 11.8 Å². The molecule has 18 heavy (non-hydrogen) atoms. The Bertz CT molecular complexity index is 458. The third-order valence-corrected chi connectivity index (χ3v) is 2.31. The Morgan fingerprint density at radius 2 is 2.17 bits per heavy atom. The number of aryl methyl sites for hydroxylation is 1. The Balaban J connectivity index is 2.66. The summed E-state index contributed by atoms with van der Waals surface area (Å²) in [6.07, 6.45) is 10.1. The lowest BCUT2D eigenvalue weighted by atomic mass is 10.2. The molecule has 0 aliphatic rings. The first kappa shape index (κ1) is 14.0. The van der Waals surface area contributed by atoms with Gasteiger partial charge in [0.2, 0.25) is 5.88 Å². The predicted octanol–water partition coefficient (Wildman–Crippen LogP) is 3.88. The minimum absolute atomic E-state index is 0.469. The van der Waals surface area contributed by atoms with Crippen molar-refractivity contribution in [3.63, 3.8) is 0 Å². The highest BCUT2D eigenvalue weighted by molar-refractivity contribution is 5.26. The van der Waals surface area contributed by atoms with Gasteiger partial charge in [-0.25, -0.2) is 4.98 Å².